The van der Waals surface area contributed by atoms with E-state index in [1.807, 2.05) is 32.9 Å². The second kappa shape index (κ2) is 7.34. The van der Waals surface area contributed by atoms with Crippen molar-refractivity contribution in [2.24, 2.45) is 0 Å². The number of hydrogen-bond acceptors (Lipinski definition) is 5. The number of hydrogen-bond donors (Lipinski definition) is 0. The number of ketones is 1. The predicted molar refractivity (Wildman–Crippen MR) is 94.7 cm³/mol. The summed E-state index contributed by atoms with van der Waals surface area (Å²) in [6.07, 6.45) is -0.854. The van der Waals surface area contributed by atoms with Crippen molar-refractivity contribution in [3.05, 3.63) is 62.7 Å². The highest BCUT2D eigenvalue weighted by molar-refractivity contribution is 6.01. The number of carbonyl (C=O) groups excluding carboxylic acids is 1. The van der Waals surface area contributed by atoms with E-state index >= 15 is 0 Å². The van der Waals surface area contributed by atoms with Gasteiger partial charge < -0.3 is 9.47 Å². The Morgan fingerprint density at radius 1 is 1.08 bits per heavy atom. The topological polar surface area (TPSA) is 78.7 Å². The molecule has 0 heterocycles. The second-order valence-electron chi connectivity index (χ2n) is 5.97. The SMILES string of the molecule is COc1ccc(OC(C)C(=O)c2cc(C)c(C)cc2C)c([N+](=O)[O-])c1. The lowest BCUT2D eigenvalue weighted by atomic mass is 9.96. The van der Waals surface area contributed by atoms with Gasteiger partial charge >= 0.3 is 5.69 Å². The van der Waals surface area contributed by atoms with E-state index in [9.17, 15) is 14.9 Å². The highest BCUT2D eigenvalue weighted by atomic mass is 16.6. The summed E-state index contributed by atoms with van der Waals surface area (Å²) in [5.41, 5.74) is 3.29. The van der Waals surface area contributed by atoms with Crippen LogP contribution in [0.4, 0.5) is 5.69 Å². The van der Waals surface area contributed by atoms with E-state index in [0.29, 0.717) is 11.3 Å². The van der Waals surface area contributed by atoms with Crippen LogP contribution in [-0.2, 0) is 0 Å². The molecule has 25 heavy (non-hydrogen) atoms. The van der Waals surface area contributed by atoms with Gasteiger partial charge in [0.1, 0.15) is 5.75 Å². The van der Waals surface area contributed by atoms with Crippen molar-refractivity contribution >= 4 is 11.5 Å². The number of benzene rings is 2. The fraction of sp³-hybridized carbons (Fsp3) is 0.316. The van der Waals surface area contributed by atoms with E-state index in [1.165, 1.54) is 19.2 Å². The molecule has 0 aliphatic carbocycles. The van der Waals surface area contributed by atoms with E-state index < -0.39 is 11.0 Å². The Bertz CT molecular complexity index is 829. The molecule has 132 valence electrons. The quantitative estimate of drug-likeness (QED) is 0.447. The maximum atomic E-state index is 12.7. The van der Waals surface area contributed by atoms with Gasteiger partial charge in [-0.3, -0.25) is 14.9 Å². The molecule has 0 aromatic heterocycles. The molecule has 0 N–H and O–H groups in total. The van der Waals surface area contributed by atoms with Gasteiger partial charge in [0.2, 0.25) is 5.78 Å². The number of Topliss-reactive ketones (excluding diaryl/α,β-unsaturated/α-hetero) is 1. The summed E-state index contributed by atoms with van der Waals surface area (Å²) in [5.74, 6) is 0.168. The Kier molecular flexibility index (Phi) is 5.41. The third-order valence-electron chi connectivity index (χ3n) is 4.14. The second-order valence-corrected chi connectivity index (χ2v) is 5.97. The largest absolute Gasteiger partial charge is 0.496 e. The number of nitrogens with zero attached hydrogens (tertiary/aromatic N) is 1. The summed E-state index contributed by atoms with van der Waals surface area (Å²) in [6, 6.07) is 8.04. The lowest BCUT2D eigenvalue weighted by molar-refractivity contribution is -0.386. The van der Waals surface area contributed by atoms with Crippen LogP contribution in [0.2, 0.25) is 0 Å². The molecule has 6 heteroatoms. The number of nitro benzene ring substituents is 1. The molecule has 2 aromatic carbocycles. The van der Waals surface area contributed by atoms with Crippen LogP contribution in [-0.4, -0.2) is 23.9 Å². The smallest absolute Gasteiger partial charge is 0.314 e. The van der Waals surface area contributed by atoms with Gasteiger partial charge in [0.25, 0.3) is 0 Å². The van der Waals surface area contributed by atoms with Gasteiger partial charge in [-0.05, 0) is 62.6 Å². The molecule has 0 bridgehead atoms. The average molecular weight is 343 g/mol. The number of nitro groups is 1. The van der Waals surface area contributed by atoms with Crippen LogP contribution in [0.1, 0.15) is 34.0 Å². The summed E-state index contributed by atoms with van der Waals surface area (Å²) in [7, 11) is 1.42. The van der Waals surface area contributed by atoms with Gasteiger partial charge in [-0.15, -0.1) is 0 Å². The number of carbonyl (C=O) groups is 1. The predicted octanol–water partition coefficient (Wildman–Crippen LogP) is 4.18. The molecule has 2 aromatic rings. The lowest BCUT2D eigenvalue weighted by Gasteiger charge is -2.16. The lowest BCUT2D eigenvalue weighted by Crippen LogP contribution is -2.25. The number of aryl methyl sites for hydroxylation is 3. The van der Waals surface area contributed by atoms with Gasteiger partial charge in [0.05, 0.1) is 18.1 Å². The van der Waals surface area contributed by atoms with E-state index in [4.69, 9.17) is 9.47 Å². The Labute approximate surface area is 146 Å². The van der Waals surface area contributed by atoms with E-state index in [1.54, 1.807) is 13.0 Å². The Balaban J connectivity index is 2.31. The van der Waals surface area contributed by atoms with Crippen LogP contribution in [0.5, 0.6) is 11.5 Å². The van der Waals surface area contributed by atoms with Crippen LogP contribution >= 0.6 is 0 Å². The third kappa shape index (κ3) is 3.96. The molecule has 2 rings (SSSR count). The van der Waals surface area contributed by atoms with Crippen molar-refractivity contribution in [1.82, 2.24) is 0 Å². The Morgan fingerprint density at radius 3 is 2.32 bits per heavy atom. The minimum atomic E-state index is -0.854. The Morgan fingerprint density at radius 2 is 1.72 bits per heavy atom. The molecule has 6 nitrogen and oxygen atoms in total. The van der Waals surface area contributed by atoms with Crippen molar-refractivity contribution in [3.8, 4) is 11.5 Å². The fourth-order valence-corrected chi connectivity index (χ4v) is 2.56. The van der Waals surface area contributed by atoms with Gasteiger partial charge in [-0.1, -0.05) is 6.07 Å². The van der Waals surface area contributed by atoms with Crippen molar-refractivity contribution in [2.75, 3.05) is 7.11 Å². The number of ether oxygens (including phenoxy) is 2. The van der Waals surface area contributed by atoms with Gasteiger partial charge in [-0.25, -0.2) is 0 Å². The first-order valence-electron chi connectivity index (χ1n) is 7.85. The summed E-state index contributed by atoms with van der Waals surface area (Å²) in [6.45, 7) is 7.37. The molecule has 0 spiro atoms. The van der Waals surface area contributed by atoms with Crippen molar-refractivity contribution in [2.45, 2.75) is 33.8 Å². The number of rotatable bonds is 6. The van der Waals surface area contributed by atoms with E-state index in [0.717, 1.165) is 16.7 Å². The summed E-state index contributed by atoms with van der Waals surface area (Å²) in [4.78, 5) is 23.4. The standard InChI is InChI=1S/C19H21NO5/c1-11-8-13(3)16(9-12(11)2)19(21)14(4)25-18-7-6-15(24-5)10-17(18)20(22)23/h6-10,14H,1-5H3. The molecule has 0 saturated carbocycles. The summed E-state index contributed by atoms with van der Waals surface area (Å²) < 4.78 is 10.6. The van der Waals surface area contributed by atoms with Crippen LogP contribution in [0.25, 0.3) is 0 Å². The molecule has 0 fully saturated rings. The van der Waals surface area contributed by atoms with Crippen LogP contribution in [0.3, 0.4) is 0 Å². The first kappa shape index (κ1) is 18.4. The fourth-order valence-electron chi connectivity index (χ4n) is 2.56. The third-order valence-corrected chi connectivity index (χ3v) is 4.14. The van der Waals surface area contributed by atoms with Crippen molar-refractivity contribution in [3.63, 3.8) is 0 Å². The maximum absolute atomic E-state index is 12.7. The molecule has 0 saturated heterocycles. The number of methoxy groups -OCH3 is 1. The molecule has 0 amide bonds. The first-order chi connectivity index (χ1) is 11.7. The highest BCUT2D eigenvalue weighted by Crippen LogP contribution is 2.32. The molecular formula is C19H21NO5. The molecule has 0 aliphatic heterocycles. The van der Waals surface area contributed by atoms with Crippen LogP contribution in [0, 0.1) is 30.9 Å². The Hall–Kier alpha value is -2.89. The summed E-state index contributed by atoms with van der Waals surface area (Å²) >= 11 is 0. The summed E-state index contributed by atoms with van der Waals surface area (Å²) in [5, 5.41) is 11.2. The van der Waals surface area contributed by atoms with E-state index in [2.05, 4.69) is 0 Å². The monoisotopic (exact) mass is 343 g/mol. The molecule has 0 aliphatic rings. The average Bonchev–Trinajstić information content (AvgIpc) is 2.57. The molecular weight excluding hydrogens is 322 g/mol. The molecule has 0 radical (unpaired) electrons. The minimum Gasteiger partial charge on any atom is -0.496 e. The maximum Gasteiger partial charge on any atom is 0.314 e. The molecule has 1 unspecified atom stereocenters. The van der Waals surface area contributed by atoms with Crippen molar-refractivity contribution in [1.29, 1.82) is 0 Å². The minimum absolute atomic E-state index is 0.0353. The first-order valence-corrected chi connectivity index (χ1v) is 7.85. The van der Waals surface area contributed by atoms with Crippen LogP contribution in [0.15, 0.2) is 30.3 Å². The van der Waals surface area contributed by atoms with Gasteiger partial charge in [-0.2, -0.15) is 0 Å². The van der Waals surface area contributed by atoms with Gasteiger partial charge in [0.15, 0.2) is 11.9 Å². The van der Waals surface area contributed by atoms with E-state index in [-0.39, 0.29) is 17.2 Å². The zero-order valence-corrected chi connectivity index (χ0v) is 15.0. The van der Waals surface area contributed by atoms with Gasteiger partial charge in [0, 0.05) is 5.56 Å². The molecule has 1 atom stereocenters. The normalized spacial score (nSPS) is 11.7. The van der Waals surface area contributed by atoms with Crippen molar-refractivity contribution < 1.29 is 19.2 Å². The highest BCUT2D eigenvalue weighted by Gasteiger charge is 2.24. The zero-order chi connectivity index (χ0) is 18.7. The zero-order valence-electron chi connectivity index (χ0n) is 15.0. The van der Waals surface area contributed by atoms with Crippen LogP contribution < -0.4 is 9.47 Å².